The summed E-state index contributed by atoms with van der Waals surface area (Å²) in [7, 11) is 0. The van der Waals surface area contributed by atoms with E-state index in [0.717, 1.165) is 19.4 Å². The largest absolute Gasteiger partial charge is 0.358 e. The van der Waals surface area contributed by atoms with Gasteiger partial charge in [-0.2, -0.15) is 0 Å². The molecule has 0 aliphatic carbocycles. The molecule has 82 valence electrons. The fourth-order valence-electron chi connectivity index (χ4n) is 1.88. The van der Waals surface area contributed by atoms with Crippen molar-refractivity contribution in [1.82, 2.24) is 4.90 Å². The second-order valence-corrected chi connectivity index (χ2v) is 3.96. The van der Waals surface area contributed by atoms with Crippen LogP contribution in [-0.2, 0) is 4.74 Å². The van der Waals surface area contributed by atoms with Crippen molar-refractivity contribution in [2.75, 3.05) is 6.61 Å². The van der Waals surface area contributed by atoms with Gasteiger partial charge in [-0.05, 0) is 19.3 Å². The molecule has 2 aliphatic rings. The van der Waals surface area contributed by atoms with Crippen molar-refractivity contribution in [3.63, 3.8) is 0 Å². The lowest BCUT2D eigenvalue weighted by Crippen LogP contribution is -2.57. The van der Waals surface area contributed by atoms with Crippen molar-refractivity contribution in [1.29, 1.82) is 0 Å². The minimum atomic E-state index is -0.476. The minimum absolute atomic E-state index is 0.142. The van der Waals surface area contributed by atoms with Crippen LogP contribution in [-0.4, -0.2) is 36.1 Å². The number of ether oxygens (including phenoxy) is 1. The molecule has 0 N–H and O–H groups in total. The van der Waals surface area contributed by atoms with Gasteiger partial charge in [-0.3, -0.25) is 4.90 Å². The zero-order valence-electron chi connectivity index (χ0n) is 9.09. The maximum atomic E-state index is 5.69. The zero-order chi connectivity index (χ0) is 10.7. The zero-order valence-corrected chi connectivity index (χ0v) is 9.09. The van der Waals surface area contributed by atoms with Crippen molar-refractivity contribution >= 4 is 12.6 Å². The smallest absolute Gasteiger partial charge is 0.228 e. The molecule has 0 spiro atoms. The number of nitrogens with zero attached hydrogens (tertiary/aromatic N) is 3. The lowest BCUT2D eigenvalue weighted by atomic mass is 10.1. The van der Waals surface area contributed by atoms with Crippen LogP contribution in [0.1, 0.15) is 26.2 Å². The Bertz CT molecular complexity index is 294. The number of aliphatic imine (C=N–C) groups is 2. The highest BCUT2D eigenvalue weighted by molar-refractivity contribution is 5.72. The fourth-order valence-corrected chi connectivity index (χ4v) is 1.88. The molecule has 2 unspecified atom stereocenters. The molecule has 1 saturated heterocycles. The monoisotopic (exact) mass is 207 g/mol. The van der Waals surface area contributed by atoms with E-state index in [1.165, 1.54) is 6.42 Å². The standard InChI is InChI=1S/C11H17N3O/c1-3-7-12-11(2)13-9-14(11)10-6-4-5-8-15-10/h3,7,9-10H,1,4-6,8H2,2H3/b12-7-. The maximum absolute atomic E-state index is 5.69. The van der Waals surface area contributed by atoms with Gasteiger partial charge in [-0.25, -0.2) is 9.98 Å². The third-order valence-corrected chi connectivity index (χ3v) is 2.81. The van der Waals surface area contributed by atoms with E-state index < -0.39 is 5.79 Å². The lowest BCUT2D eigenvalue weighted by Gasteiger charge is -2.46. The normalized spacial score (nSPS) is 35.5. The third-order valence-electron chi connectivity index (χ3n) is 2.81. The molecule has 0 radical (unpaired) electrons. The third kappa shape index (κ3) is 1.95. The summed E-state index contributed by atoms with van der Waals surface area (Å²) in [6.45, 7) is 6.43. The number of hydrogen-bond donors (Lipinski definition) is 0. The van der Waals surface area contributed by atoms with Crippen molar-refractivity contribution in [3.8, 4) is 0 Å². The molecule has 15 heavy (non-hydrogen) atoms. The summed E-state index contributed by atoms with van der Waals surface area (Å²) in [4.78, 5) is 10.7. The van der Waals surface area contributed by atoms with Gasteiger partial charge in [0.05, 0.1) is 6.34 Å². The summed E-state index contributed by atoms with van der Waals surface area (Å²) in [5.74, 6) is -0.476. The molecule has 2 rings (SSSR count). The Hall–Kier alpha value is -1.16. The molecule has 2 heterocycles. The van der Waals surface area contributed by atoms with Crippen molar-refractivity contribution < 1.29 is 4.74 Å². The predicted octanol–water partition coefficient (Wildman–Crippen LogP) is 1.79. The second kappa shape index (κ2) is 4.14. The molecule has 0 aromatic carbocycles. The van der Waals surface area contributed by atoms with E-state index in [2.05, 4.69) is 21.5 Å². The van der Waals surface area contributed by atoms with E-state index in [4.69, 9.17) is 4.74 Å². The van der Waals surface area contributed by atoms with Crippen molar-refractivity contribution in [2.45, 2.75) is 38.2 Å². The summed E-state index contributed by atoms with van der Waals surface area (Å²) >= 11 is 0. The molecule has 0 bridgehead atoms. The second-order valence-electron chi connectivity index (χ2n) is 3.96. The van der Waals surface area contributed by atoms with Gasteiger partial charge in [0.2, 0.25) is 5.79 Å². The topological polar surface area (TPSA) is 37.2 Å². The molecule has 0 amide bonds. The Balaban J connectivity index is 2.01. The number of rotatable bonds is 3. The van der Waals surface area contributed by atoms with Gasteiger partial charge >= 0.3 is 0 Å². The van der Waals surface area contributed by atoms with Crippen LogP contribution in [0, 0.1) is 0 Å². The lowest BCUT2D eigenvalue weighted by molar-refractivity contribution is -0.0960. The Morgan fingerprint density at radius 1 is 1.67 bits per heavy atom. The molecule has 0 aromatic rings. The van der Waals surface area contributed by atoms with Gasteiger partial charge < -0.3 is 4.74 Å². The van der Waals surface area contributed by atoms with E-state index in [0.29, 0.717) is 0 Å². The van der Waals surface area contributed by atoms with Crippen LogP contribution in [0.4, 0.5) is 0 Å². The first-order valence-electron chi connectivity index (χ1n) is 5.38. The molecule has 0 saturated carbocycles. The SMILES string of the molecule is C=C/C=N\C1(C)N=CN1C1CCCCO1. The molecule has 4 nitrogen and oxygen atoms in total. The molecular formula is C11H17N3O. The Kier molecular flexibility index (Phi) is 2.86. The quantitative estimate of drug-likeness (QED) is 0.661. The summed E-state index contributed by atoms with van der Waals surface area (Å²) in [5.41, 5.74) is 0. The first kappa shape index (κ1) is 10.4. The summed E-state index contributed by atoms with van der Waals surface area (Å²) < 4.78 is 5.69. The summed E-state index contributed by atoms with van der Waals surface area (Å²) in [5, 5.41) is 0. The van der Waals surface area contributed by atoms with Crippen LogP contribution in [0.5, 0.6) is 0 Å². The Labute approximate surface area is 90.4 Å². The highest BCUT2D eigenvalue weighted by Crippen LogP contribution is 2.30. The summed E-state index contributed by atoms with van der Waals surface area (Å²) in [6.07, 6.45) is 8.75. The van der Waals surface area contributed by atoms with Gasteiger partial charge in [0, 0.05) is 19.7 Å². The van der Waals surface area contributed by atoms with Crippen LogP contribution in [0.15, 0.2) is 22.6 Å². The molecule has 2 atom stereocenters. The van der Waals surface area contributed by atoms with Crippen LogP contribution in [0.25, 0.3) is 0 Å². The Morgan fingerprint density at radius 3 is 3.07 bits per heavy atom. The van der Waals surface area contributed by atoms with Gasteiger partial charge in [0.15, 0.2) is 0 Å². The van der Waals surface area contributed by atoms with Crippen LogP contribution in [0.2, 0.25) is 0 Å². The molecule has 1 fully saturated rings. The van der Waals surface area contributed by atoms with E-state index in [9.17, 15) is 0 Å². The fraction of sp³-hybridized carbons (Fsp3) is 0.636. The highest BCUT2D eigenvalue weighted by Gasteiger charge is 2.40. The molecule has 2 aliphatic heterocycles. The van der Waals surface area contributed by atoms with E-state index in [1.807, 2.05) is 13.3 Å². The number of allylic oxidation sites excluding steroid dienone is 1. The van der Waals surface area contributed by atoms with E-state index in [1.54, 1.807) is 12.3 Å². The van der Waals surface area contributed by atoms with E-state index >= 15 is 0 Å². The summed E-state index contributed by atoms with van der Waals surface area (Å²) in [6, 6.07) is 0. The van der Waals surface area contributed by atoms with Crippen LogP contribution in [0.3, 0.4) is 0 Å². The minimum Gasteiger partial charge on any atom is -0.358 e. The maximum Gasteiger partial charge on any atom is 0.228 e. The average molecular weight is 207 g/mol. The van der Waals surface area contributed by atoms with Crippen LogP contribution >= 0.6 is 0 Å². The molecule has 0 aromatic heterocycles. The van der Waals surface area contributed by atoms with Crippen LogP contribution < -0.4 is 0 Å². The highest BCUT2D eigenvalue weighted by atomic mass is 16.5. The average Bonchev–Trinajstić information content (AvgIpc) is 2.26. The molecular weight excluding hydrogens is 190 g/mol. The molecule has 4 heteroatoms. The first-order chi connectivity index (χ1) is 7.26. The van der Waals surface area contributed by atoms with Gasteiger partial charge in [-0.1, -0.05) is 12.7 Å². The van der Waals surface area contributed by atoms with Crippen molar-refractivity contribution in [3.05, 3.63) is 12.7 Å². The van der Waals surface area contributed by atoms with Gasteiger partial charge in [-0.15, -0.1) is 0 Å². The van der Waals surface area contributed by atoms with Crippen molar-refractivity contribution in [2.24, 2.45) is 9.98 Å². The predicted molar refractivity (Wildman–Crippen MR) is 61.0 cm³/mol. The number of hydrogen-bond acceptors (Lipinski definition) is 4. The van der Waals surface area contributed by atoms with Gasteiger partial charge in [0.1, 0.15) is 6.23 Å². The van der Waals surface area contributed by atoms with Gasteiger partial charge in [0.25, 0.3) is 0 Å². The van der Waals surface area contributed by atoms with E-state index in [-0.39, 0.29) is 6.23 Å². The first-order valence-corrected chi connectivity index (χ1v) is 5.38. The Morgan fingerprint density at radius 2 is 2.53 bits per heavy atom.